The lowest BCUT2D eigenvalue weighted by molar-refractivity contribution is 0.0987. The number of carbonyl (C=O) groups is 1. The van der Waals surface area contributed by atoms with E-state index in [0.29, 0.717) is 12.4 Å². The molecule has 2 aromatic heterocycles. The van der Waals surface area contributed by atoms with E-state index in [9.17, 15) is 4.79 Å². The maximum atomic E-state index is 11.0. The van der Waals surface area contributed by atoms with Gasteiger partial charge < -0.3 is 14.7 Å². The van der Waals surface area contributed by atoms with E-state index in [2.05, 4.69) is 15.0 Å². The molecule has 1 aliphatic rings. The molecule has 1 amide bonds. The molecule has 1 atom stereocenters. The summed E-state index contributed by atoms with van der Waals surface area (Å²) in [6, 6.07) is 3.92. The molecule has 7 nitrogen and oxygen atoms in total. The predicted molar refractivity (Wildman–Crippen MR) is 68.6 cm³/mol. The minimum atomic E-state index is -0.675. The molecule has 0 aliphatic carbocycles. The Labute approximate surface area is 115 Å². The molecule has 2 aromatic rings. The summed E-state index contributed by atoms with van der Waals surface area (Å²) < 4.78 is 10.7. The van der Waals surface area contributed by atoms with Gasteiger partial charge in [0.05, 0.1) is 12.6 Å². The van der Waals surface area contributed by atoms with E-state index < -0.39 is 5.91 Å². The van der Waals surface area contributed by atoms with Gasteiger partial charge in [-0.2, -0.15) is 4.98 Å². The van der Waals surface area contributed by atoms with Crippen LogP contribution >= 0.6 is 0 Å². The van der Waals surface area contributed by atoms with Gasteiger partial charge in [0.2, 0.25) is 5.89 Å². The molecule has 0 saturated carbocycles. The number of amides is 1. The van der Waals surface area contributed by atoms with Gasteiger partial charge in [0, 0.05) is 0 Å². The third-order valence-corrected chi connectivity index (χ3v) is 3.47. The van der Waals surface area contributed by atoms with Crippen LogP contribution in [0.1, 0.15) is 46.9 Å². The topological polar surface area (TPSA) is 98.4 Å². The van der Waals surface area contributed by atoms with Gasteiger partial charge in [0.25, 0.3) is 11.7 Å². The minimum Gasteiger partial charge on any atom is -0.465 e. The van der Waals surface area contributed by atoms with Crippen molar-refractivity contribution in [1.82, 2.24) is 15.0 Å². The number of hydrogen-bond acceptors (Lipinski definition) is 6. The minimum absolute atomic E-state index is 0.0148. The molecule has 7 heteroatoms. The number of aromatic nitrogens is 2. The summed E-state index contributed by atoms with van der Waals surface area (Å²) in [5, 5.41) is 3.60. The third kappa shape index (κ3) is 2.44. The number of nitrogens with zero attached hydrogens (tertiary/aromatic N) is 3. The second-order valence-corrected chi connectivity index (χ2v) is 4.96. The van der Waals surface area contributed by atoms with Gasteiger partial charge in [0.15, 0.2) is 0 Å². The maximum absolute atomic E-state index is 11.0. The zero-order valence-electron chi connectivity index (χ0n) is 11.2. The molecule has 20 heavy (non-hydrogen) atoms. The fraction of sp³-hybridized carbons (Fsp3) is 0.462. The first-order valence-corrected chi connectivity index (χ1v) is 6.56. The highest BCUT2D eigenvalue weighted by molar-refractivity contribution is 5.88. The Hall–Kier alpha value is -2.15. The highest BCUT2D eigenvalue weighted by Gasteiger charge is 2.31. The predicted octanol–water partition coefficient (Wildman–Crippen LogP) is 1.41. The molecular formula is C13H16N4O3. The van der Waals surface area contributed by atoms with Crippen molar-refractivity contribution >= 4 is 5.91 Å². The second kappa shape index (κ2) is 5.09. The molecule has 106 valence electrons. The first-order valence-electron chi connectivity index (χ1n) is 6.56. The van der Waals surface area contributed by atoms with Crippen molar-refractivity contribution in [2.24, 2.45) is 5.73 Å². The summed E-state index contributed by atoms with van der Waals surface area (Å²) in [6.07, 6.45) is 1.96. The summed E-state index contributed by atoms with van der Waals surface area (Å²) in [5.74, 6) is 1.50. The van der Waals surface area contributed by atoms with E-state index in [1.807, 2.05) is 19.1 Å². The average Bonchev–Trinajstić information content (AvgIpc) is 3.10. The fourth-order valence-corrected chi connectivity index (χ4v) is 2.54. The van der Waals surface area contributed by atoms with Crippen LogP contribution in [-0.4, -0.2) is 27.5 Å². The van der Waals surface area contributed by atoms with Gasteiger partial charge in [-0.15, -0.1) is 0 Å². The molecular weight excluding hydrogens is 260 g/mol. The Morgan fingerprint density at radius 3 is 3.05 bits per heavy atom. The monoisotopic (exact) mass is 276 g/mol. The Balaban J connectivity index is 1.76. The van der Waals surface area contributed by atoms with Gasteiger partial charge in [-0.05, 0) is 38.4 Å². The number of nitrogens with two attached hydrogens (primary N) is 1. The van der Waals surface area contributed by atoms with Crippen LogP contribution in [0.3, 0.4) is 0 Å². The summed E-state index contributed by atoms with van der Waals surface area (Å²) in [5.41, 5.74) is 5.13. The van der Waals surface area contributed by atoms with E-state index in [4.69, 9.17) is 14.7 Å². The fourth-order valence-electron chi connectivity index (χ4n) is 2.54. The summed E-state index contributed by atoms with van der Waals surface area (Å²) in [7, 11) is 0. The van der Waals surface area contributed by atoms with Crippen LogP contribution in [0.15, 0.2) is 21.1 Å². The van der Waals surface area contributed by atoms with Crippen LogP contribution in [0.5, 0.6) is 0 Å². The first-order chi connectivity index (χ1) is 9.63. The smallest absolute Gasteiger partial charge is 0.290 e. The molecule has 0 aromatic carbocycles. The molecule has 2 N–H and O–H groups in total. The number of hydrogen-bond donors (Lipinski definition) is 1. The lowest BCUT2D eigenvalue weighted by Crippen LogP contribution is -2.23. The Morgan fingerprint density at radius 1 is 1.55 bits per heavy atom. The number of aryl methyl sites for hydroxylation is 1. The van der Waals surface area contributed by atoms with E-state index in [0.717, 1.165) is 30.9 Å². The van der Waals surface area contributed by atoms with Crippen molar-refractivity contribution in [1.29, 1.82) is 0 Å². The van der Waals surface area contributed by atoms with Crippen molar-refractivity contribution in [2.45, 2.75) is 32.4 Å². The van der Waals surface area contributed by atoms with E-state index in [1.54, 1.807) is 0 Å². The van der Waals surface area contributed by atoms with Gasteiger partial charge in [-0.25, -0.2) is 0 Å². The zero-order chi connectivity index (χ0) is 14.1. The lowest BCUT2D eigenvalue weighted by Gasteiger charge is -2.19. The number of furan rings is 1. The molecule has 3 rings (SSSR count). The van der Waals surface area contributed by atoms with Crippen LogP contribution in [-0.2, 0) is 6.54 Å². The molecule has 0 unspecified atom stereocenters. The van der Waals surface area contributed by atoms with Gasteiger partial charge in [-0.1, -0.05) is 5.16 Å². The van der Waals surface area contributed by atoms with E-state index in [1.165, 1.54) is 0 Å². The number of primary amides is 1. The Bertz CT molecular complexity index is 619. The highest BCUT2D eigenvalue weighted by Crippen LogP contribution is 2.32. The summed E-state index contributed by atoms with van der Waals surface area (Å²) in [6.45, 7) is 3.54. The van der Waals surface area contributed by atoms with Crippen LogP contribution in [0, 0.1) is 6.92 Å². The zero-order valence-corrected chi connectivity index (χ0v) is 11.2. The molecule has 0 bridgehead atoms. The maximum Gasteiger partial charge on any atom is 0.290 e. The molecule has 0 radical (unpaired) electrons. The molecule has 1 aliphatic heterocycles. The Kier molecular flexibility index (Phi) is 3.27. The standard InChI is InChI=1S/C13H16N4O3/c1-8-4-5-9(19-8)7-17-6-2-3-10(17)13-15-12(11(14)18)16-20-13/h4-5,10H,2-3,6-7H2,1H3,(H2,14,18)/t10-/m1/s1. The van der Waals surface area contributed by atoms with Crippen LogP contribution in [0.4, 0.5) is 0 Å². The van der Waals surface area contributed by atoms with Crippen molar-refractivity contribution in [3.05, 3.63) is 35.4 Å². The number of likely N-dealkylation sites (tertiary alicyclic amines) is 1. The molecule has 1 saturated heterocycles. The second-order valence-electron chi connectivity index (χ2n) is 4.96. The van der Waals surface area contributed by atoms with Crippen LogP contribution in [0.25, 0.3) is 0 Å². The molecule has 0 spiro atoms. The van der Waals surface area contributed by atoms with Gasteiger partial charge in [-0.3, -0.25) is 9.69 Å². The average molecular weight is 276 g/mol. The quantitative estimate of drug-likeness (QED) is 0.906. The van der Waals surface area contributed by atoms with Crippen LogP contribution < -0.4 is 5.73 Å². The van der Waals surface area contributed by atoms with E-state index >= 15 is 0 Å². The summed E-state index contributed by atoms with van der Waals surface area (Å²) >= 11 is 0. The SMILES string of the molecule is Cc1ccc(CN2CCC[C@@H]2c2nc(C(N)=O)no2)o1. The van der Waals surface area contributed by atoms with Crippen molar-refractivity contribution in [3.63, 3.8) is 0 Å². The van der Waals surface area contributed by atoms with Crippen molar-refractivity contribution < 1.29 is 13.7 Å². The van der Waals surface area contributed by atoms with Gasteiger partial charge in [0.1, 0.15) is 11.5 Å². The number of carbonyl (C=O) groups excluding carboxylic acids is 1. The largest absolute Gasteiger partial charge is 0.465 e. The summed E-state index contributed by atoms with van der Waals surface area (Å²) in [4.78, 5) is 17.3. The normalized spacial score (nSPS) is 19.6. The van der Waals surface area contributed by atoms with Gasteiger partial charge >= 0.3 is 0 Å². The van der Waals surface area contributed by atoms with E-state index in [-0.39, 0.29) is 11.9 Å². The lowest BCUT2D eigenvalue weighted by atomic mass is 10.2. The highest BCUT2D eigenvalue weighted by atomic mass is 16.5. The van der Waals surface area contributed by atoms with Crippen molar-refractivity contribution in [3.8, 4) is 0 Å². The third-order valence-electron chi connectivity index (χ3n) is 3.47. The molecule has 3 heterocycles. The first kappa shape index (κ1) is 12.9. The Morgan fingerprint density at radius 2 is 2.40 bits per heavy atom. The van der Waals surface area contributed by atoms with Crippen molar-refractivity contribution in [2.75, 3.05) is 6.54 Å². The number of rotatable bonds is 4. The molecule has 1 fully saturated rings. The van der Waals surface area contributed by atoms with Crippen LogP contribution in [0.2, 0.25) is 0 Å².